The zero-order valence-corrected chi connectivity index (χ0v) is 11.4. The fraction of sp³-hybridized carbons (Fsp3) is 0.0769. The van der Waals surface area contributed by atoms with Crippen LogP contribution in [0.3, 0.4) is 0 Å². The van der Waals surface area contributed by atoms with Gasteiger partial charge in [0.15, 0.2) is 0 Å². The minimum absolute atomic E-state index is 0.00728. The number of benzene rings is 2. The largest absolute Gasteiger partial charge is 0.416 e. The second-order valence-electron chi connectivity index (χ2n) is 3.93. The number of nitrogens with two attached hydrogens (primary N) is 1. The summed E-state index contributed by atoms with van der Waals surface area (Å²) in [6.07, 6.45) is -4.44. The summed E-state index contributed by atoms with van der Waals surface area (Å²) in [7, 11) is 0. The molecule has 0 aliphatic rings. The van der Waals surface area contributed by atoms with Gasteiger partial charge in [0, 0.05) is 9.79 Å². The molecule has 0 fully saturated rings. The number of rotatable bonds is 2. The molecule has 2 N–H and O–H groups in total. The predicted molar refractivity (Wildman–Crippen MR) is 71.4 cm³/mol. The molecule has 2 rings (SSSR count). The Morgan fingerprint density at radius 3 is 2.30 bits per heavy atom. The van der Waals surface area contributed by atoms with Crippen LogP contribution in [0.2, 0.25) is 5.02 Å². The third kappa shape index (κ3) is 3.37. The average Bonchev–Trinajstić information content (AvgIpc) is 2.35. The Balaban J connectivity index is 2.28. The lowest BCUT2D eigenvalue weighted by Crippen LogP contribution is -2.04. The molecule has 0 radical (unpaired) electrons. The number of halogens is 5. The number of hydrogen-bond donors (Lipinski definition) is 1. The van der Waals surface area contributed by atoms with Gasteiger partial charge in [-0.05, 0) is 36.4 Å². The summed E-state index contributed by atoms with van der Waals surface area (Å²) in [6, 6.07) is 7.18. The van der Waals surface area contributed by atoms with Gasteiger partial charge < -0.3 is 5.73 Å². The zero-order valence-electron chi connectivity index (χ0n) is 9.84. The summed E-state index contributed by atoms with van der Waals surface area (Å²) in [4.78, 5) is 0.905. The van der Waals surface area contributed by atoms with Crippen LogP contribution in [-0.4, -0.2) is 0 Å². The van der Waals surface area contributed by atoms with E-state index in [1.807, 2.05) is 0 Å². The molecule has 0 aromatic heterocycles. The average molecular weight is 322 g/mol. The molecular weight excluding hydrogens is 314 g/mol. The van der Waals surface area contributed by atoms with Crippen LogP contribution in [0.1, 0.15) is 5.56 Å². The van der Waals surface area contributed by atoms with Crippen molar-refractivity contribution in [2.45, 2.75) is 16.0 Å². The second kappa shape index (κ2) is 5.54. The van der Waals surface area contributed by atoms with Gasteiger partial charge in [-0.1, -0.05) is 23.4 Å². The number of nitrogen functional groups attached to an aromatic ring is 1. The van der Waals surface area contributed by atoms with Gasteiger partial charge in [0.05, 0.1) is 16.3 Å². The van der Waals surface area contributed by atoms with Gasteiger partial charge in [-0.2, -0.15) is 13.2 Å². The highest BCUT2D eigenvalue weighted by Gasteiger charge is 2.30. The quantitative estimate of drug-likeness (QED) is 0.605. The van der Waals surface area contributed by atoms with E-state index >= 15 is 0 Å². The van der Waals surface area contributed by atoms with Crippen LogP contribution in [0, 0.1) is 5.82 Å². The third-order valence-corrected chi connectivity index (χ3v) is 3.95. The van der Waals surface area contributed by atoms with E-state index in [-0.39, 0.29) is 10.7 Å². The summed E-state index contributed by atoms with van der Waals surface area (Å²) in [6.45, 7) is 0. The maximum Gasteiger partial charge on any atom is 0.416 e. The van der Waals surface area contributed by atoms with Crippen molar-refractivity contribution < 1.29 is 17.6 Å². The predicted octanol–water partition coefficient (Wildman–Crippen LogP) is 5.23. The van der Waals surface area contributed by atoms with E-state index in [0.717, 1.165) is 23.9 Å². The lowest BCUT2D eigenvalue weighted by atomic mass is 10.2. The van der Waals surface area contributed by atoms with E-state index in [9.17, 15) is 17.6 Å². The fourth-order valence-electron chi connectivity index (χ4n) is 1.46. The smallest absolute Gasteiger partial charge is 0.396 e. The summed E-state index contributed by atoms with van der Waals surface area (Å²) in [5, 5.41) is -0.0398. The standard InChI is InChI=1S/C13H8ClF4NS/c14-9-5-7(13(16,17)18)1-4-12(9)20-8-2-3-11(19)10(15)6-8/h1-6H,19H2. The van der Waals surface area contributed by atoms with Crippen LogP contribution in [0.5, 0.6) is 0 Å². The maximum absolute atomic E-state index is 13.3. The van der Waals surface area contributed by atoms with Gasteiger partial charge in [-0.25, -0.2) is 4.39 Å². The van der Waals surface area contributed by atoms with E-state index in [0.29, 0.717) is 9.79 Å². The first-order chi connectivity index (χ1) is 9.27. The molecular formula is C13H8ClF4NS. The Morgan fingerprint density at radius 2 is 1.75 bits per heavy atom. The van der Waals surface area contributed by atoms with Crippen LogP contribution in [-0.2, 0) is 6.18 Å². The van der Waals surface area contributed by atoms with Gasteiger partial charge in [0.25, 0.3) is 0 Å². The van der Waals surface area contributed by atoms with E-state index in [2.05, 4.69) is 0 Å². The van der Waals surface area contributed by atoms with Gasteiger partial charge in [-0.3, -0.25) is 0 Å². The highest BCUT2D eigenvalue weighted by atomic mass is 35.5. The second-order valence-corrected chi connectivity index (χ2v) is 5.45. The molecule has 0 heterocycles. The Morgan fingerprint density at radius 1 is 1.05 bits per heavy atom. The molecule has 0 aliphatic carbocycles. The lowest BCUT2D eigenvalue weighted by molar-refractivity contribution is -0.137. The van der Waals surface area contributed by atoms with Crippen molar-refractivity contribution in [1.82, 2.24) is 0 Å². The van der Waals surface area contributed by atoms with Crippen LogP contribution in [0.15, 0.2) is 46.2 Å². The van der Waals surface area contributed by atoms with Gasteiger partial charge in [0.1, 0.15) is 5.82 Å². The summed E-state index contributed by atoms with van der Waals surface area (Å²) in [5.74, 6) is -0.585. The highest BCUT2D eigenvalue weighted by molar-refractivity contribution is 7.99. The van der Waals surface area contributed by atoms with Crippen LogP contribution >= 0.6 is 23.4 Å². The Labute approximate surface area is 121 Å². The molecule has 0 bridgehead atoms. The molecule has 1 nitrogen and oxygen atoms in total. The van der Waals surface area contributed by atoms with Gasteiger partial charge in [0.2, 0.25) is 0 Å². The van der Waals surface area contributed by atoms with Crippen LogP contribution < -0.4 is 5.73 Å². The van der Waals surface area contributed by atoms with Crippen molar-refractivity contribution in [3.05, 3.63) is 52.8 Å². The first kappa shape index (κ1) is 15.0. The number of hydrogen-bond acceptors (Lipinski definition) is 2. The van der Waals surface area contributed by atoms with Crippen molar-refractivity contribution >= 4 is 29.1 Å². The van der Waals surface area contributed by atoms with Crippen molar-refractivity contribution in [3.8, 4) is 0 Å². The van der Waals surface area contributed by atoms with Crippen LogP contribution in [0.4, 0.5) is 23.2 Å². The Bertz CT molecular complexity index is 643. The van der Waals surface area contributed by atoms with Crippen molar-refractivity contribution in [2.75, 3.05) is 5.73 Å². The maximum atomic E-state index is 13.3. The normalized spacial score (nSPS) is 11.7. The zero-order chi connectivity index (χ0) is 14.9. The first-order valence-electron chi connectivity index (χ1n) is 5.37. The minimum atomic E-state index is -4.44. The van der Waals surface area contributed by atoms with E-state index in [1.54, 1.807) is 6.07 Å². The molecule has 106 valence electrons. The molecule has 2 aromatic carbocycles. The molecule has 0 saturated heterocycles. The molecule has 0 aliphatic heterocycles. The van der Waals surface area contributed by atoms with Crippen molar-refractivity contribution in [3.63, 3.8) is 0 Å². The lowest BCUT2D eigenvalue weighted by Gasteiger charge is -2.10. The molecule has 20 heavy (non-hydrogen) atoms. The fourth-order valence-corrected chi connectivity index (χ4v) is 2.60. The van der Waals surface area contributed by atoms with Gasteiger partial charge >= 0.3 is 6.18 Å². The molecule has 0 unspecified atom stereocenters. The molecule has 2 aromatic rings. The number of anilines is 1. The molecule has 0 atom stereocenters. The number of alkyl halides is 3. The Kier molecular flexibility index (Phi) is 4.15. The molecule has 7 heteroatoms. The van der Waals surface area contributed by atoms with Crippen molar-refractivity contribution in [1.29, 1.82) is 0 Å². The summed E-state index contributed by atoms with van der Waals surface area (Å²) >= 11 is 6.88. The highest BCUT2D eigenvalue weighted by Crippen LogP contribution is 2.38. The third-order valence-electron chi connectivity index (χ3n) is 2.46. The van der Waals surface area contributed by atoms with E-state index in [1.165, 1.54) is 18.2 Å². The summed E-state index contributed by atoms with van der Waals surface area (Å²) < 4.78 is 50.8. The minimum Gasteiger partial charge on any atom is -0.396 e. The van der Waals surface area contributed by atoms with E-state index < -0.39 is 17.6 Å². The monoisotopic (exact) mass is 321 g/mol. The molecule has 0 saturated carbocycles. The first-order valence-corrected chi connectivity index (χ1v) is 6.56. The topological polar surface area (TPSA) is 26.0 Å². The molecule has 0 amide bonds. The van der Waals surface area contributed by atoms with Crippen molar-refractivity contribution in [2.24, 2.45) is 0 Å². The van der Waals surface area contributed by atoms with Gasteiger partial charge in [-0.15, -0.1) is 0 Å². The molecule has 0 spiro atoms. The Hall–Kier alpha value is -1.40. The van der Waals surface area contributed by atoms with E-state index in [4.69, 9.17) is 17.3 Å². The SMILES string of the molecule is Nc1ccc(Sc2ccc(C(F)(F)F)cc2Cl)cc1F. The van der Waals surface area contributed by atoms with Crippen LogP contribution in [0.25, 0.3) is 0 Å². The summed E-state index contributed by atoms with van der Waals surface area (Å²) in [5.41, 5.74) is 4.53.